The number of nitrogens with one attached hydrogen (secondary N) is 1. The van der Waals surface area contributed by atoms with Crippen molar-refractivity contribution in [2.75, 3.05) is 11.9 Å². The van der Waals surface area contributed by atoms with Crippen LogP contribution < -0.4 is 10.9 Å². The van der Waals surface area contributed by atoms with E-state index in [9.17, 15) is 4.79 Å². The Morgan fingerprint density at radius 3 is 2.83 bits per heavy atom. The molecule has 1 rings (SSSR count). The molecule has 0 aliphatic heterocycles. The summed E-state index contributed by atoms with van der Waals surface area (Å²) in [5.74, 6) is 0. The van der Waals surface area contributed by atoms with Crippen molar-refractivity contribution in [2.24, 2.45) is 0 Å². The number of hydrogen-bond acceptors (Lipinski definition) is 4. The van der Waals surface area contributed by atoms with Gasteiger partial charge < -0.3 is 10.4 Å². The van der Waals surface area contributed by atoms with Gasteiger partial charge >= 0.3 is 0 Å². The van der Waals surface area contributed by atoms with Gasteiger partial charge in [-0.1, -0.05) is 20.3 Å². The minimum atomic E-state index is -0.222. The molecule has 0 aromatic carbocycles. The summed E-state index contributed by atoms with van der Waals surface area (Å²) in [5.41, 5.74) is 0.495. The minimum absolute atomic E-state index is 0.0977. The molecule has 1 aromatic heterocycles. The molecule has 0 radical (unpaired) electrons. The number of aromatic nitrogens is 2. The van der Waals surface area contributed by atoms with Gasteiger partial charge in [0.25, 0.3) is 5.56 Å². The van der Waals surface area contributed by atoms with Gasteiger partial charge in [-0.25, -0.2) is 4.68 Å². The molecule has 1 atom stereocenters. The molecular formula is C12H20BrN3O2. The lowest BCUT2D eigenvalue weighted by Gasteiger charge is -2.18. The van der Waals surface area contributed by atoms with Crippen molar-refractivity contribution < 1.29 is 5.11 Å². The Hall–Kier alpha value is -0.880. The van der Waals surface area contributed by atoms with Crippen LogP contribution in [0.3, 0.4) is 0 Å². The Bertz CT molecular complexity index is 434. The average molecular weight is 318 g/mol. The third-order valence-electron chi connectivity index (χ3n) is 2.79. The highest BCUT2D eigenvalue weighted by Crippen LogP contribution is 2.19. The van der Waals surface area contributed by atoms with Crippen LogP contribution in [0, 0.1) is 0 Å². The molecule has 0 spiro atoms. The monoisotopic (exact) mass is 317 g/mol. The van der Waals surface area contributed by atoms with E-state index in [-0.39, 0.29) is 18.7 Å². The van der Waals surface area contributed by atoms with Crippen LogP contribution in [0.25, 0.3) is 0 Å². The van der Waals surface area contributed by atoms with E-state index >= 15 is 0 Å². The fourth-order valence-electron chi connectivity index (χ4n) is 1.77. The van der Waals surface area contributed by atoms with E-state index in [0.29, 0.717) is 10.5 Å². The molecule has 0 fully saturated rings. The molecule has 5 nitrogen and oxygen atoms in total. The van der Waals surface area contributed by atoms with Crippen molar-refractivity contribution in [3.8, 4) is 0 Å². The van der Waals surface area contributed by atoms with Gasteiger partial charge in [-0.2, -0.15) is 5.10 Å². The van der Waals surface area contributed by atoms with Crippen LogP contribution in [-0.2, 0) is 6.54 Å². The fraction of sp³-hybridized carbons (Fsp3) is 0.667. The van der Waals surface area contributed by atoms with Crippen LogP contribution in [0.4, 0.5) is 5.69 Å². The van der Waals surface area contributed by atoms with Gasteiger partial charge in [0.2, 0.25) is 0 Å². The maximum atomic E-state index is 11.9. The number of nitrogens with zero attached hydrogens (tertiary/aromatic N) is 2. The summed E-state index contributed by atoms with van der Waals surface area (Å²) < 4.78 is 1.72. The molecule has 102 valence electrons. The van der Waals surface area contributed by atoms with E-state index in [0.717, 1.165) is 24.9 Å². The van der Waals surface area contributed by atoms with E-state index in [1.165, 1.54) is 4.68 Å². The van der Waals surface area contributed by atoms with Crippen LogP contribution >= 0.6 is 15.9 Å². The van der Waals surface area contributed by atoms with Gasteiger partial charge in [-0.3, -0.25) is 4.79 Å². The first-order chi connectivity index (χ1) is 8.63. The predicted molar refractivity (Wildman–Crippen MR) is 75.9 cm³/mol. The van der Waals surface area contributed by atoms with Crippen molar-refractivity contribution in [1.29, 1.82) is 0 Å². The van der Waals surface area contributed by atoms with E-state index in [4.69, 9.17) is 5.11 Å². The van der Waals surface area contributed by atoms with Gasteiger partial charge in [-0.05, 0) is 28.8 Å². The Morgan fingerprint density at radius 1 is 1.56 bits per heavy atom. The molecule has 1 aromatic rings. The van der Waals surface area contributed by atoms with E-state index < -0.39 is 0 Å². The summed E-state index contributed by atoms with van der Waals surface area (Å²) in [5, 5.41) is 16.2. The molecule has 18 heavy (non-hydrogen) atoms. The predicted octanol–water partition coefficient (Wildman–Crippen LogP) is 1.99. The van der Waals surface area contributed by atoms with Gasteiger partial charge in [0.1, 0.15) is 4.47 Å². The van der Waals surface area contributed by atoms with Crippen molar-refractivity contribution in [3.63, 3.8) is 0 Å². The van der Waals surface area contributed by atoms with Crippen LogP contribution in [0.2, 0.25) is 0 Å². The highest BCUT2D eigenvalue weighted by Gasteiger charge is 2.11. The third kappa shape index (κ3) is 3.81. The lowest BCUT2D eigenvalue weighted by atomic mass is 10.1. The Morgan fingerprint density at radius 2 is 2.28 bits per heavy atom. The quantitative estimate of drug-likeness (QED) is 0.807. The number of hydrogen-bond donors (Lipinski definition) is 2. The normalized spacial score (nSPS) is 12.4. The van der Waals surface area contributed by atoms with Gasteiger partial charge in [0, 0.05) is 6.04 Å². The van der Waals surface area contributed by atoms with Crippen LogP contribution in [-0.4, -0.2) is 27.5 Å². The van der Waals surface area contributed by atoms with Gasteiger partial charge in [-0.15, -0.1) is 0 Å². The Kier molecular flexibility index (Phi) is 6.35. The summed E-state index contributed by atoms with van der Waals surface area (Å²) in [6.45, 7) is 4.36. The third-order valence-corrected chi connectivity index (χ3v) is 3.55. The molecular weight excluding hydrogens is 298 g/mol. The van der Waals surface area contributed by atoms with Crippen LogP contribution in [0.5, 0.6) is 0 Å². The largest absolute Gasteiger partial charge is 0.394 e. The maximum Gasteiger partial charge on any atom is 0.283 e. The smallest absolute Gasteiger partial charge is 0.283 e. The summed E-state index contributed by atoms with van der Waals surface area (Å²) in [6, 6.07) is 0.348. The summed E-state index contributed by atoms with van der Waals surface area (Å²) in [4.78, 5) is 11.9. The average Bonchev–Trinajstić information content (AvgIpc) is 2.37. The zero-order chi connectivity index (χ0) is 13.5. The Balaban J connectivity index is 2.91. The molecule has 0 aliphatic carbocycles. The lowest BCUT2D eigenvalue weighted by molar-refractivity contribution is 0.266. The highest BCUT2D eigenvalue weighted by molar-refractivity contribution is 9.10. The number of rotatable bonds is 7. The molecule has 0 aliphatic rings. The lowest BCUT2D eigenvalue weighted by Crippen LogP contribution is -2.27. The van der Waals surface area contributed by atoms with Crippen LogP contribution in [0.1, 0.15) is 33.1 Å². The topological polar surface area (TPSA) is 67.2 Å². The second kappa shape index (κ2) is 7.53. The van der Waals surface area contributed by atoms with E-state index in [1.807, 2.05) is 0 Å². The fourth-order valence-corrected chi connectivity index (χ4v) is 2.19. The SMILES string of the molecule is CCCC(CC)Nc1cnn(CCO)c(=O)c1Br. The molecule has 0 saturated carbocycles. The van der Waals surface area contributed by atoms with Crippen molar-refractivity contribution >= 4 is 21.6 Å². The molecule has 1 heterocycles. The van der Waals surface area contributed by atoms with Crippen molar-refractivity contribution in [1.82, 2.24) is 9.78 Å². The van der Waals surface area contributed by atoms with Gasteiger partial charge in [0.05, 0.1) is 25.0 Å². The number of halogens is 1. The highest BCUT2D eigenvalue weighted by atomic mass is 79.9. The number of aliphatic hydroxyl groups excluding tert-OH is 1. The molecule has 6 heteroatoms. The summed E-state index contributed by atoms with van der Waals surface area (Å²) in [6.07, 6.45) is 4.78. The summed E-state index contributed by atoms with van der Waals surface area (Å²) in [7, 11) is 0. The molecule has 2 N–H and O–H groups in total. The van der Waals surface area contributed by atoms with Gasteiger partial charge in [0.15, 0.2) is 0 Å². The molecule has 0 amide bonds. The van der Waals surface area contributed by atoms with Crippen LogP contribution in [0.15, 0.2) is 15.5 Å². The minimum Gasteiger partial charge on any atom is -0.394 e. The zero-order valence-corrected chi connectivity index (χ0v) is 12.4. The van der Waals surface area contributed by atoms with Crippen molar-refractivity contribution in [2.45, 2.75) is 45.7 Å². The molecule has 0 bridgehead atoms. The first-order valence-electron chi connectivity index (χ1n) is 6.27. The first-order valence-corrected chi connectivity index (χ1v) is 7.06. The zero-order valence-electron chi connectivity index (χ0n) is 10.8. The second-order valence-corrected chi connectivity index (χ2v) is 4.96. The van der Waals surface area contributed by atoms with E-state index in [2.05, 4.69) is 40.2 Å². The number of aliphatic hydroxyl groups is 1. The van der Waals surface area contributed by atoms with Crippen molar-refractivity contribution in [3.05, 3.63) is 21.0 Å². The standard InChI is InChI=1S/C12H20BrN3O2/c1-3-5-9(4-2)15-10-8-14-16(6-7-17)12(18)11(10)13/h8-9,15,17H,3-7H2,1-2H3. The Labute approximate surface area is 115 Å². The molecule has 1 unspecified atom stereocenters. The summed E-state index contributed by atoms with van der Waals surface area (Å²) >= 11 is 3.29. The number of anilines is 1. The second-order valence-electron chi connectivity index (χ2n) is 4.16. The molecule has 0 saturated heterocycles. The first kappa shape index (κ1) is 15.2. The van der Waals surface area contributed by atoms with E-state index in [1.54, 1.807) is 6.20 Å². The maximum absolute atomic E-state index is 11.9.